The van der Waals surface area contributed by atoms with Crippen LogP contribution in [0.15, 0.2) is 24.3 Å². The third kappa shape index (κ3) is 5.36. The summed E-state index contributed by atoms with van der Waals surface area (Å²) >= 11 is 0. The molecule has 7 heteroatoms. The maximum Gasteiger partial charge on any atom is 0.319 e. The molecular weight excluding hydrogens is 332 g/mol. The van der Waals surface area contributed by atoms with Crippen LogP contribution in [-0.4, -0.2) is 60.3 Å². The first kappa shape index (κ1) is 20.0. The van der Waals surface area contributed by atoms with Crippen molar-refractivity contribution in [3.8, 4) is 0 Å². The Balaban J connectivity index is 1.82. The lowest BCUT2D eigenvalue weighted by Crippen LogP contribution is -2.55. The maximum atomic E-state index is 12.2. The van der Waals surface area contributed by atoms with Gasteiger partial charge in [-0.05, 0) is 51.4 Å². The van der Waals surface area contributed by atoms with Crippen molar-refractivity contribution < 1.29 is 14.7 Å². The summed E-state index contributed by atoms with van der Waals surface area (Å²) in [5, 5.41) is 14.8. The van der Waals surface area contributed by atoms with Gasteiger partial charge in [0.2, 0.25) is 0 Å². The predicted octanol–water partition coefficient (Wildman–Crippen LogP) is 2.59. The van der Waals surface area contributed by atoms with Gasteiger partial charge in [0, 0.05) is 36.5 Å². The van der Waals surface area contributed by atoms with Crippen molar-refractivity contribution in [3.63, 3.8) is 0 Å². The molecule has 144 valence electrons. The molecule has 0 unspecified atom stereocenters. The Kier molecular flexibility index (Phi) is 6.85. The van der Waals surface area contributed by atoms with Gasteiger partial charge in [-0.25, -0.2) is 4.79 Å². The molecule has 2 amide bonds. The van der Waals surface area contributed by atoms with Gasteiger partial charge >= 0.3 is 12.0 Å². The molecule has 0 spiro atoms. The van der Waals surface area contributed by atoms with Crippen molar-refractivity contribution in [2.24, 2.45) is 0 Å². The van der Waals surface area contributed by atoms with Crippen LogP contribution < -0.4 is 15.5 Å². The smallest absolute Gasteiger partial charge is 0.319 e. The molecule has 0 radical (unpaired) electrons. The molecule has 0 bridgehead atoms. The topological polar surface area (TPSA) is 84.9 Å². The van der Waals surface area contributed by atoms with E-state index in [9.17, 15) is 9.59 Å². The van der Waals surface area contributed by atoms with Gasteiger partial charge < -0.3 is 20.6 Å². The van der Waals surface area contributed by atoms with Crippen molar-refractivity contribution >= 4 is 23.4 Å². The number of carboxylic acid groups (broad SMARTS) is 1. The molecule has 3 N–H and O–H groups in total. The average Bonchev–Trinajstić information content (AvgIpc) is 2.55. The average molecular weight is 362 g/mol. The summed E-state index contributed by atoms with van der Waals surface area (Å²) in [5.74, 6) is -0.813. The highest BCUT2D eigenvalue weighted by Crippen LogP contribution is 2.26. The summed E-state index contributed by atoms with van der Waals surface area (Å²) in [7, 11) is 2.02. The molecule has 0 saturated heterocycles. The van der Waals surface area contributed by atoms with E-state index in [1.807, 2.05) is 43.1 Å². The maximum absolute atomic E-state index is 12.2. The van der Waals surface area contributed by atoms with E-state index in [0.717, 1.165) is 24.2 Å². The largest absolute Gasteiger partial charge is 0.480 e. The molecule has 1 aliphatic carbocycles. The lowest BCUT2D eigenvalue weighted by molar-refractivity contribution is -0.139. The van der Waals surface area contributed by atoms with Gasteiger partial charge in [0.25, 0.3) is 0 Å². The number of urea groups is 1. The van der Waals surface area contributed by atoms with Crippen molar-refractivity contribution in [3.05, 3.63) is 24.3 Å². The van der Waals surface area contributed by atoms with Crippen LogP contribution in [0.5, 0.6) is 0 Å². The fraction of sp³-hybridized carbons (Fsp3) is 0.579. The Morgan fingerprint density at radius 1 is 1.31 bits per heavy atom. The second kappa shape index (κ2) is 8.89. The lowest BCUT2D eigenvalue weighted by atomic mass is 9.85. The van der Waals surface area contributed by atoms with E-state index in [2.05, 4.69) is 29.4 Å². The molecule has 0 heterocycles. The van der Waals surface area contributed by atoms with Gasteiger partial charge in [-0.3, -0.25) is 9.69 Å². The Bertz CT molecular complexity index is 629. The number of rotatable bonds is 8. The first-order valence-corrected chi connectivity index (χ1v) is 9.16. The summed E-state index contributed by atoms with van der Waals surface area (Å²) in [5.41, 5.74) is 1.80. The quantitative estimate of drug-likeness (QED) is 0.662. The zero-order valence-electron chi connectivity index (χ0n) is 16.0. The van der Waals surface area contributed by atoms with E-state index in [4.69, 9.17) is 5.11 Å². The fourth-order valence-corrected chi connectivity index (χ4v) is 3.13. The number of hydrogen-bond donors (Lipinski definition) is 3. The SMILES string of the molecule is CCN(CC(=O)O)C1CC(NC(=O)Nc2cccc(N(C)C(C)C)c2)C1. The van der Waals surface area contributed by atoms with Crippen LogP contribution in [0.4, 0.5) is 16.2 Å². The summed E-state index contributed by atoms with van der Waals surface area (Å²) < 4.78 is 0. The van der Waals surface area contributed by atoms with E-state index in [-0.39, 0.29) is 24.7 Å². The first-order valence-electron chi connectivity index (χ1n) is 9.16. The van der Waals surface area contributed by atoms with E-state index in [0.29, 0.717) is 12.6 Å². The molecule has 1 aromatic carbocycles. The second-order valence-electron chi connectivity index (χ2n) is 7.13. The van der Waals surface area contributed by atoms with Crippen LogP contribution in [0.3, 0.4) is 0 Å². The summed E-state index contributed by atoms with van der Waals surface area (Å²) in [6.45, 7) is 6.94. The van der Waals surface area contributed by atoms with Crippen LogP contribution in [0, 0.1) is 0 Å². The Morgan fingerprint density at radius 2 is 2.00 bits per heavy atom. The molecule has 2 rings (SSSR count). The van der Waals surface area contributed by atoms with Gasteiger partial charge in [-0.15, -0.1) is 0 Å². The molecule has 1 fully saturated rings. The molecule has 1 saturated carbocycles. The molecule has 0 aliphatic heterocycles. The minimum atomic E-state index is -0.813. The number of carbonyl (C=O) groups is 2. The molecule has 26 heavy (non-hydrogen) atoms. The number of nitrogens with one attached hydrogen (secondary N) is 2. The van der Waals surface area contributed by atoms with Gasteiger partial charge in [0.15, 0.2) is 0 Å². The van der Waals surface area contributed by atoms with Crippen molar-refractivity contribution in [2.75, 3.05) is 30.4 Å². The van der Waals surface area contributed by atoms with Gasteiger partial charge in [0.05, 0.1) is 6.54 Å². The normalized spacial score (nSPS) is 19.2. The van der Waals surface area contributed by atoms with E-state index in [1.54, 1.807) is 0 Å². The monoisotopic (exact) mass is 362 g/mol. The van der Waals surface area contributed by atoms with E-state index in [1.165, 1.54) is 0 Å². The molecule has 7 nitrogen and oxygen atoms in total. The van der Waals surface area contributed by atoms with Crippen LogP contribution in [0.25, 0.3) is 0 Å². The third-order valence-corrected chi connectivity index (χ3v) is 5.00. The number of hydrogen-bond acceptors (Lipinski definition) is 4. The van der Waals surface area contributed by atoms with Crippen molar-refractivity contribution in [1.29, 1.82) is 0 Å². The zero-order chi connectivity index (χ0) is 19.3. The summed E-state index contributed by atoms with van der Waals surface area (Å²) in [4.78, 5) is 27.2. The predicted molar refractivity (Wildman–Crippen MR) is 104 cm³/mol. The number of aliphatic carboxylic acids is 1. The molecule has 0 aromatic heterocycles. The molecule has 1 aliphatic rings. The molecule has 1 aromatic rings. The summed E-state index contributed by atoms with van der Waals surface area (Å²) in [6.07, 6.45) is 1.56. The molecular formula is C19H30N4O3. The fourth-order valence-electron chi connectivity index (χ4n) is 3.13. The van der Waals surface area contributed by atoms with E-state index < -0.39 is 5.97 Å². The number of carboxylic acids is 1. The zero-order valence-corrected chi connectivity index (χ0v) is 16.0. The highest BCUT2D eigenvalue weighted by molar-refractivity contribution is 5.90. The number of amides is 2. The number of benzene rings is 1. The first-order chi connectivity index (χ1) is 12.3. The molecule has 0 atom stereocenters. The Hall–Kier alpha value is -2.28. The third-order valence-electron chi connectivity index (χ3n) is 5.00. The van der Waals surface area contributed by atoms with Crippen LogP contribution in [0.2, 0.25) is 0 Å². The minimum Gasteiger partial charge on any atom is -0.480 e. The highest BCUT2D eigenvalue weighted by Gasteiger charge is 2.34. The standard InChI is InChI=1S/C19H30N4O3/c1-5-23(12-18(24)25)17-10-15(11-17)21-19(26)20-14-7-6-8-16(9-14)22(4)13(2)3/h6-9,13,15,17H,5,10-12H2,1-4H3,(H,24,25)(H2,20,21,26). The summed E-state index contributed by atoms with van der Waals surface area (Å²) in [6, 6.07) is 8.22. The van der Waals surface area contributed by atoms with Gasteiger partial charge in [-0.2, -0.15) is 0 Å². The van der Waals surface area contributed by atoms with Crippen molar-refractivity contribution in [2.45, 2.75) is 51.7 Å². The van der Waals surface area contributed by atoms with Gasteiger partial charge in [0.1, 0.15) is 0 Å². The van der Waals surface area contributed by atoms with Gasteiger partial charge in [-0.1, -0.05) is 13.0 Å². The van der Waals surface area contributed by atoms with Crippen LogP contribution in [0.1, 0.15) is 33.6 Å². The lowest BCUT2D eigenvalue weighted by Gasteiger charge is -2.42. The van der Waals surface area contributed by atoms with E-state index >= 15 is 0 Å². The van der Waals surface area contributed by atoms with Crippen LogP contribution >= 0.6 is 0 Å². The minimum absolute atomic E-state index is 0.0518. The van der Waals surface area contributed by atoms with Crippen LogP contribution in [-0.2, 0) is 4.79 Å². The number of likely N-dealkylation sites (N-methyl/N-ethyl adjacent to an activating group) is 1. The second-order valence-corrected chi connectivity index (χ2v) is 7.13. The highest BCUT2D eigenvalue weighted by atomic mass is 16.4. The Morgan fingerprint density at radius 3 is 2.58 bits per heavy atom. The van der Waals surface area contributed by atoms with Crippen molar-refractivity contribution in [1.82, 2.24) is 10.2 Å². The number of nitrogens with zero attached hydrogens (tertiary/aromatic N) is 2. The Labute approximate surface area is 155 Å². The number of carbonyl (C=O) groups excluding carboxylic acids is 1. The number of anilines is 2.